The predicted molar refractivity (Wildman–Crippen MR) is 69.0 cm³/mol. The molecule has 0 bridgehead atoms. The summed E-state index contributed by atoms with van der Waals surface area (Å²) in [5.41, 5.74) is 0. The number of rotatable bonds is 6. The Hall–Kier alpha value is -0.120. The van der Waals surface area contributed by atoms with Gasteiger partial charge in [0.1, 0.15) is 0 Å². The van der Waals surface area contributed by atoms with Crippen LogP contribution >= 0.6 is 0 Å². The molecule has 0 aromatic rings. The first-order chi connectivity index (χ1) is 8.38. The van der Waals surface area contributed by atoms with E-state index in [9.17, 15) is 0 Å². The summed E-state index contributed by atoms with van der Waals surface area (Å²) in [7, 11) is 0. The number of hydrogen-bond acceptors (Lipinski definition) is 3. The minimum absolute atomic E-state index is 0.0441. The third kappa shape index (κ3) is 4.57. The van der Waals surface area contributed by atoms with Crippen LogP contribution in [0.2, 0.25) is 0 Å². The van der Waals surface area contributed by atoms with E-state index in [2.05, 4.69) is 12.2 Å². The monoisotopic (exact) mass is 241 g/mol. The minimum Gasteiger partial charge on any atom is -0.350 e. The number of nitrogens with one attached hydrogen (secondary N) is 1. The lowest BCUT2D eigenvalue weighted by Crippen LogP contribution is -2.35. The van der Waals surface area contributed by atoms with Crippen LogP contribution in [-0.4, -0.2) is 32.1 Å². The molecule has 1 N–H and O–H groups in total. The van der Waals surface area contributed by atoms with Crippen LogP contribution in [0.4, 0.5) is 0 Å². The van der Waals surface area contributed by atoms with Gasteiger partial charge in [-0.2, -0.15) is 0 Å². The third-order valence-corrected chi connectivity index (χ3v) is 4.00. The topological polar surface area (TPSA) is 30.5 Å². The largest absolute Gasteiger partial charge is 0.350 e. The van der Waals surface area contributed by atoms with Gasteiger partial charge in [0.15, 0.2) is 6.29 Å². The Labute approximate surface area is 105 Å². The number of hydrogen-bond donors (Lipinski definition) is 1. The van der Waals surface area contributed by atoms with Gasteiger partial charge in [-0.1, -0.05) is 39.0 Å². The molecule has 1 heterocycles. The highest BCUT2D eigenvalue weighted by Crippen LogP contribution is 2.28. The molecule has 2 rings (SSSR count). The maximum atomic E-state index is 5.56. The molecule has 0 amide bonds. The van der Waals surface area contributed by atoms with Crippen LogP contribution in [0.3, 0.4) is 0 Å². The molecule has 1 aliphatic carbocycles. The molecule has 17 heavy (non-hydrogen) atoms. The fourth-order valence-electron chi connectivity index (χ4n) is 3.15. The fourth-order valence-corrected chi connectivity index (χ4v) is 3.15. The zero-order valence-electron chi connectivity index (χ0n) is 11.1. The van der Waals surface area contributed by atoms with E-state index in [0.29, 0.717) is 6.04 Å². The molecule has 1 atom stereocenters. The standard InChI is InChI=1S/C14H27NO2/c1-2-15-13(11-14-16-8-9-17-14)10-12-6-4-3-5-7-12/h12-15H,2-11H2,1H3. The first kappa shape index (κ1) is 13.3. The van der Waals surface area contributed by atoms with Gasteiger partial charge in [0.2, 0.25) is 0 Å². The summed E-state index contributed by atoms with van der Waals surface area (Å²) in [4.78, 5) is 0. The molecule has 1 aliphatic heterocycles. The molecule has 1 unspecified atom stereocenters. The van der Waals surface area contributed by atoms with Crippen molar-refractivity contribution in [3.05, 3.63) is 0 Å². The second-order valence-electron chi connectivity index (χ2n) is 5.40. The van der Waals surface area contributed by atoms with Crippen molar-refractivity contribution in [2.24, 2.45) is 5.92 Å². The van der Waals surface area contributed by atoms with Gasteiger partial charge in [-0.15, -0.1) is 0 Å². The molecule has 3 heteroatoms. The molecule has 0 aromatic heterocycles. The molecule has 2 aliphatic rings. The summed E-state index contributed by atoms with van der Waals surface area (Å²) in [6, 6.07) is 0.575. The van der Waals surface area contributed by atoms with Crippen LogP contribution in [0.15, 0.2) is 0 Å². The molecule has 1 saturated carbocycles. The molecule has 0 spiro atoms. The Morgan fingerprint density at radius 2 is 1.76 bits per heavy atom. The SMILES string of the molecule is CCNC(CC1CCCCC1)CC1OCCO1. The van der Waals surface area contributed by atoms with Crippen molar-refractivity contribution in [1.82, 2.24) is 5.32 Å². The van der Waals surface area contributed by atoms with Crippen molar-refractivity contribution < 1.29 is 9.47 Å². The first-order valence-corrected chi connectivity index (χ1v) is 7.35. The second kappa shape index (κ2) is 7.34. The summed E-state index contributed by atoms with van der Waals surface area (Å²) in [6.07, 6.45) is 9.52. The Morgan fingerprint density at radius 3 is 2.41 bits per heavy atom. The average Bonchev–Trinajstić information content (AvgIpc) is 2.83. The fraction of sp³-hybridized carbons (Fsp3) is 1.00. The van der Waals surface area contributed by atoms with Crippen LogP contribution in [-0.2, 0) is 9.47 Å². The molecule has 100 valence electrons. The lowest BCUT2D eigenvalue weighted by Gasteiger charge is -2.28. The Kier molecular flexibility index (Phi) is 5.75. The first-order valence-electron chi connectivity index (χ1n) is 7.35. The highest BCUT2D eigenvalue weighted by atomic mass is 16.7. The summed E-state index contributed by atoms with van der Waals surface area (Å²) in [5.74, 6) is 0.925. The van der Waals surface area contributed by atoms with Crippen LogP contribution in [0.25, 0.3) is 0 Å². The summed E-state index contributed by atoms with van der Waals surface area (Å²) in [6.45, 7) is 4.77. The van der Waals surface area contributed by atoms with Crippen LogP contribution in [0.1, 0.15) is 51.9 Å². The maximum Gasteiger partial charge on any atom is 0.159 e. The van der Waals surface area contributed by atoms with Gasteiger partial charge < -0.3 is 14.8 Å². The molecule has 2 fully saturated rings. The molecule has 0 radical (unpaired) electrons. The zero-order valence-corrected chi connectivity index (χ0v) is 11.1. The molecular weight excluding hydrogens is 214 g/mol. The molecule has 3 nitrogen and oxygen atoms in total. The highest BCUT2D eigenvalue weighted by molar-refractivity contribution is 4.76. The van der Waals surface area contributed by atoms with Crippen molar-refractivity contribution in [1.29, 1.82) is 0 Å². The smallest absolute Gasteiger partial charge is 0.159 e. The van der Waals surface area contributed by atoms with E-state index >= 15 is 0 Å². The van der Waals surface area contributed by atoms with Crippen molar-refractivity contribution in [2.75, 3.05) is 19.8 Å². The van der Waals surface area contributed by atoms with E-state index < -0.39 is 0 Å². The molecule has 1 saturated heterocycles. The van der Waals surface area contributed by atoms with Crippen molar-refractivity contribution in [2.45, 2.75) is 64.2 Å². The normalized spacial score (nSPS) is 25.2. The van der Waals surface area contributed by atoms with Gasteiger partial charge in [-0.05, 0) is 18.9 Å². The minimum atomic E-state index is 0.0441. The highest BCUT2D eigenvalue weighted by Gasteiger charge is 2.24. The maximum absolute atomic E-state index is 5.56. The molecule has 0 aromatic carbocycles. The van der Waals surface area contributed by atoms with Crippen molar-refractivity contribution in [3.63, 3.8) is 0 Å². The van der Waals surface area contributed by atoms with Crippen LogP contribution < -0.4 is 5.32 Å². The van der Waals surface area contributed by atoms with Crippen molar-refractivity contribution >= 4 is 0 Å². The van der Waals surface area contributed by atoms with E-state index in [0.717, 1.165) is 32.1 Å². The van der Waals surface area contributed by atoms with Gasteiger partial charge in [-0.3, -0.25) is 0 Å². The van der Waals surface area contributed by atoms with Crippen LogP contribution in [0.5, 0.6) is 0 Å². The van der Waals surface area contributed by atoms with E-state index in [1.165, 1.54) is 38.5 Å². The Bertz CT molecular complexity index is 198. The van der Waals surface area contributed by atoms with E-state index in [-0.39, 0.29) is 6.29 Å². The van der Waals surface area contributed by atoms with Crippen LogP contribution in [0, 0.1) is 5.92 Å². The zero-order chi connectivity index (χ0) is 11.9. The van der Waals surface area contributed by atoms with E-state index in [1.807, 2.05) is 0 Å². The summed E-state index contributed by atoms with van der Waals surface area (Å²) in [5, 5.41) is 3.60. The van der Waals surface area contributed by atoms with Gasteiger partial charge in [0.05, 0.1) is 13.2 Å². The third-order valence-electron chi connectivity index (χ3n) is 4.00. The van der Waals surface area contributed by atoms with Gasteiger partial charge in [0, 0.05) is 12.5 Å². The second-order valence-corrected chi connectivity index (χ2v) is 5.40. The van der Waals surface area contributed by atoms with Gasteiger partial charge in [-0.25, -0.2) is 0 Å². The van der Waals surface area contributed by atoms with E-state index in [4.69, 9.17) is 9.47 Å². The lowest BCUT2D eigenvalue weighted by molar-refractivity contribution is -0.0541. The van der Waals surface area contributed by atoms with Gasteiger partial charge in [0.25, 0.3) is 0 Å². The molecular formula is C14H27NO2. The quantitative estimate of drug-likeness (QED) is 0.775. The summed E-state index contributed by atoms with van der Waals surface area (Å²) >= 11 is 0. The Balaban J connectivity index is 1.74. The summed E-state index contributed by atoms with van der Waals surface area (Å²) < 4.78 is 11.1. The van der Waals surface area contributed by atoms with Gasteiger partial charge >= 0.3 is 0 Å². The Morgan fingerprint density at radius 1 is 1.06 bits per heavy atom. The average molecular weight is 241 g/mol. The predicted octanol–water partition coefficient (Wildman–Crippen LogP) is 2.70. The lowest BCUT2D eigenvalue weighted by atomic mass is 9.84. The van der Waals surface area contributed by atoms with E-state index in [1.54, 1.807) is 0 Å². The number of ether oxygens (including phenoxy) is 2. The van der Waals surface area contributed by atoms with Crippen molar-refractivity contribution in [3.8, 4) is 0 Å².